The van der Waals surface area contributed by atoms with E-state index in [1.807, 2.05) is 0 Å². The first kappa shape index (κ1) is 14.4. The molecule has 0 nitrogen and oxygen atoms in total. The van der Waals surface area contributed by atoms with Crippen LogP contribution in [0.2, 0.25) is 0 Å². The molecule has 3 rings (SSSR count). The molecule has 0 heterocycles. The second-order valence-corrected chi connectivity index (χ2v) is 7.88. The third-order valence-corrected chi connectivity index (χ3v) is 6.21. The van der Waals surface area contributed by atoms with Gasteiger partial charge in [0.05, 0.1) is 0 Å². The van der Waals surface area contributed by atoms with Crippen LogP contribution in [0.4, 0.5) is 0 Å². The van der Waals surface area contributed by atoms with Gasteiger partial charge in [-0.2, -0.15) is 0 Å². The molecule has 1 heteroatoms. The molecule has 106 valence electrons. The van der Waals surface area contributed by atoms with Crippen LogP contribution in [0.5, 0.6) is 0 Å². The molecule has 0 aliphatic heterocycles. The summed E-state index contributed by atoms with van der Waals surface area (Å²) in [6.07, 6.45) is 0. The highest BCUT2D eigenvalue weighted by atomic mass is 28.3. The zero-order valence-electron chi connectivity index (χ0n) is 12.7. The fraction of sp³-hybridized carbons (Fsp3) is 0.0476. The highest BCUT2D eigenvalue weighted by molar-refractivity contribution is 6.91. The van der Waals surface area contributed by atoms with Gasteiger partial charge in [-0.25, -0.2) is 0 Å². The van der Waals surface area contributed by atoms with Crippen LogP contribution in [0.3, 0.4) is 0 Å². The van der Waals surface area contributed by atoms with E-state index in [9.17, 15) is 0 Å². The lowest BCUT2D eigenvalue weighted by molar-refractivity contribution is 1.46. The van der Waals surface area contributed by atoms with Gasteiger partial charge in [0.15, 0.2) is 8.80 Å². The Labute approximate surface area is 134 Å². The minimum atomic E-state index is -1.49. The SMILES string of the molecule is Cc1ccc(C#C[SiH](c2ccccc2)c2ccccc2)cc1. The van der Waals surface area contributed by atoms with Crippen LogP contribution in [0, 0.1) is 18.4 Å². The molecule has 0 saturated carbocycles. The minimum Gasteiger partial charge on any atom is -0.119 e. The molecule has 22 heavy (non-hydrogen) atoms. The van der Waals surface area contributed by atoms with Gasteiger partial charge in [-0.1, -0.05) is 84.3 Å². The van der Waals surface area contributed by atoms with E-state index < -0.39 is 8.80 Å². The van der Waals surface area contributed by atoms with Crippen LogP contribution in [0.15, 0.2) is 84.9 Å². The molecule has 0 saturated heterocycles. The number of benzene rings is 3. The predicted molar refractivity (Wildman–Crippen MR) is 97.4 cm³/mol. The summed E-state index contributed by atoms with van der Waals surface area (Å²) >= 11 is 0. The van der Waals surface area contributed by atoms with Crippen molar-refractivity contribution in [1.29, 1.82) is 0 Å². The topological polar surface area (TPSA) is 0 Å². The fourth-order valence-corrected chi connectivity index (χ4v) is 4.69. The number of aryl methyl sites for hydroxylation is 1. The molecule has 0 aliphatic rings. The standard InChI is InChI=1S/C21H18Si/c1-18-12-14-19(15-13-18)16-17-22(20-8-4-2-5-9-20)21-10-6-3-7-11-21/h2-15,22H,1H3. The van der Waals surface area contributed by atoms with Gasteiger partial charge in [-0.05, 0) is 29.4 Å². The Morgan fingerprint density at radius 2 is 1.14 bits per heavy atom. The number of rotatable bonds is 2. The third-order valence-electron chi connectivity index (χ3n) is 3.68. The first-order valence-corrected chi connectivity index (χ1v) is 9.24. The van der Waals surface area contributed by atoms with Crippen molar-refractivity contribution in [2.75, 3.05) is 0 Å². The molecule has 0 fully saturated rings. The molecule has 3 aromatic rings. The molecule has 0 atom stereocenters. The summed E-state index contributed by atoms with van der Waals surface area (Å²) in [6, 6.07) is 29.8. The molecular weight excluding hydrogens is 280 g/mol. The van der Waals surface area contributed by atoms with Gasteiger partial charge < -0.3 is 0 Å². The summed E-state index contributed by atoms with van der Waals surface area (Å²) in [5.74, 6) is 3.38. The lowest BCUT2D eigenvalue weighted by Gasteiger charge is -2.09. The van der Waals surface area contributed by atoms with Crippen molar-refractivity contribution in [3.8, 4) is 11.5 Å². The molecule has 0 radical (unpaired) electrons. The Bertz CT molecular complexity index is 739. The van der Waals surface area contributed by atoms with E-state index in [-0.39, 0.29) is 0 Å². The van der Waals surface area contributed by atoms with Crippen molar-refractivity contribution >= 4 is 19.2 Å². The van der Waals surface area contributed by atoms with Gasteiger partial charge in [0, 0.05) is 5.56 Å². The first-order chi connectivity index (χ1) is 10.8. The van der Waals surface area contributed by atoms with Crippen LogP contribution in [0.1, 0.15) is 11.1 Å². The molecule has 0 spiro atoms. The number of hydrogen-bond acceptors (Lipinski definition) is 0. The molecule has 0 aromatic heterocycles. The van der Waals surface area contributed by atoms with Crippen molar-refractivity contribution in [3.63, 3.8) is 0 Å². The van der Waals surface area contributed by atoms with E-state index in [1.165, 1.54) is 15.9 Å². The van der Waals surface area contributed by atoms with Crippen molar-refractivity contribution < 1.29 is 0 Å². The van der Waals surface area contributed by atoms with E-state index in [0.717, 1.165) is 5.56 Å². The van der Waals surface area contributed by atoms with Crippen LogP contribution < -0.4 is 10.4 Å². The van der Waals surface area contributed by atoms with Gasteiger partial charge in [-0.15, -0.1) is 5.54 Å². The first-order valence-electron chi connectivity index (χ1n) is 7.51. The molecule has 0 amide bonds. The lowest BCUT2D eigenvalue weighted by atomic mass is 10.2. The maximum Gasteiger partial charge on any atom is 0.184 e. The molecule has 0 N–H and O–H groups in total. The smallest absolute Gasteiger partial charge is 0.119 e. The van der Waals surface area contributed by atoms with Crippen LogP contribution in [0.25, 0.3) is 0 Å². The highest BCUT2D eigenvalue weighted by Crippen LogP contribution is 2.01. The van der Waals surface area contributed by atoms with Gasteiger partial charge >= 0.3 is 0 Å². The Morgan fingerprint density at radius 1 is 0.636 bits per heavy atom. The van der Waals surface area contributed by atoms with Crippen LogP contribution in [-0.2, 0) is 0 Å². The van der Waals surface area contributed by atoms with Crippen molar-refractivity contribution in [3.05, 3.63) is 96.1 Å². The zero-order valence-corrected chi connectivity index (χ0v) is 13.8. The molecule has 0 bridgehead atoms. The molecule has 0 aliphatic carbocycles. The summed E-state index contributed by atoms with van der Waals surface area (Å²) in [6.45, 7) is 2.10. The van der Waals surface area contributed by atoms with Gasteiger partial charge in [0.25, 0.3) is 0 Å². The van der Waals surface area contributed by atoms with E-state index in [4.69, 9.17) is 0 Å². The van der Waals surface area contributed by atoms with Gasteiger partial charge in [0.2, 0.25) is 0 Å². The largest absolute Gasteiger partial charge is 0.184 e. The predicted octanol–water partition coefficient (Wildman–Crippen LogP) is 2.93. The van der Waals surface area contributed by atoms with E-state index in [1.54, 1.807) is 0 Å². The average molecular weight is 298 g/mol. The summed E-state index contributed by atoms with van der Waals surface area (Å²) < 4.78 is 0. The quantitative estimate of drug-likeness (QED) is 0.504. The second-order valence-electron chi connectivity index (χ2n) is 5.39. The summed E-state index contributed by atoms with van der Waals surface area (Å²) in [4.78, 5) is 0. The van der Waals surface area contributed by atoms with Gasteiger partial charge in [-0.3, -0.25) is 0 Å². The maximum absolute atomic E-state index is 3.58. The summed E-state index contributed by atoms with van der Waals surface area (Å²) in [7, 11) is -1.49. The van der Waals surface area contributed by atoms with Crippen LogP contribution in [-0.4, -0.2) is 8.80 Å². The minimum absolute atomic E-state index is 1.09. The van der Waals surface area contributed by atoms with Crippen molar-refractivity contribution in [2.24, 2.45) is 0 Å². The monoisotopic (exact) mass is 298 g/mol. The zero-order chi connectivity index (χ0) is 15.2. The second kappa shape index (κ2) is 6.93. The average Bonchev–Trinajstić information content (AvgIpc) is 2.59. The molecule has 0 unspecified atom stereocenters. The Hall–Kier alpha value is -2.56. The van der Waals surface area contributed by atoms with Gasteiger partial charge in [0.1, 0.15) is 0 Å². The maximum atomic E-state index is 3.58. The fourth-order valence-electron chi connectivity index (χ4n) is 2.44. The van der Waals surface area contributed by atoms with E-state index >= 15 is 0 Å². The molecular formula is C21H18Si. The normalized spacial score (nSPS) is 10.1. The lowest BCUT2D eigenvalue weighted by Crippen LogP contribution is -2.41. The van der Waals surface area contributed by atoms with E-state index in [0.29, 0.717) is 0 Å². The molecule has 3 aromatic carbocycles. The third kappa shape index (κ3) is 3.55. The Balaban J connectivity index is 1.98. The number of hydrogen-bond donors (Lipinski definition) is 0. The van der Waals surface area contributed by atoms with Crippen LogP contribution >= 0.6 is 0 Å². The Kier molecular flexibility index (Phi) is 4.53. The summed E-state index contributed by atoms with van der Waals surface area (Å²) in [5, 5.41) is 2.74. The van der Waals surface area contributed by atoms with Crippen molar-refractivity contribution in [2.45, 2.75) is 6.92 Å². The summed E-state index contributed by atoms with van der Waals surface area (Å²) in [5.41, 5.74) is 5.94. The highest BCUT2D eigenvalue weighted by Gasteiger charge is 2.12. The Morgan fingerprint density at radius 3 is 1.64 bits per heavy atom. The van der Waals surface area contributed by atoms with Crippen molar-refractivity contribution in [1.82, 2.24) is 0 Å². The van der Waals surface area contributed by atoms with E-state index in [2.05, 4.69) is 103 Å².